The first-order valence-corrected chi connectivity index (χ1v) is 8.74. The molecule has 2 aromatic carbocycles. The first-order chi connectivity index (χ1) is 11.2. The quantitative estimate of drug-likeness (QED) is 0.527. The highest BCUT2D eigenvalue weighted by Crippen LogP contribution is 2.37. The smallest absolute Gasteiger partial charge is 0.165 e. The van der Waals surface area contributed by atoms with E-state index < -0.39 is 0 Å². The Hall–Kier alpha value is -2.00. The SMILES string of the molecule is O=C1CCCCc2nc3ccc(Br)cc3c(-c3ccccc3)c21. The van der Waals surface area contributed by atoms with Crippen LogP contribution in [0.4, 0.5) is 0 Å². The van der Waals surface area contributed by atoms with Gasteiger partial charge in [0.25, 0.3) is 0 Å². The Bertz CT molecular complexity index is 902. The van der Waals surface area contributed by atoms with Gasteiger partial charge in [-0.1, -0.05) is 46.3 Å². The van der Waals surface area contributed by atoms with E-state index in [2.05, 4.69) is 34.1 Å². The van der Waals surface area contributed by atoms with Gasteiger partial charge in [-0.25, -0.2) is 0 Å². The number of fused-ring (bicyclic) bond motifs is 2. The van der Waals surface area contributed by atoms with E-state index in [9.17, 15) is 4.79 Å². The van der Waals surface area contributed by atoms with E-state index in [1.165, 1.54) is 0 Å². The van der Waals surface area contributed by atoms with Gasteiger partial charge in [0.2, 0.25) is 0 Å². The highest BCUT2D eigenvalue weighted by atomic mass is 79.9. The fourth-order valence-electron chi connectivity index (χ4n) is 3.38. The number of hydrogen-bond donors (Lipinski definition) is 0. The topological polar surface area (TPSA) is 30.0 Å². The molecule has 0 unspecified atom stereocenters. The zero-order valence-electron chi connectivity index (χ0n) is 12.7. The molecule has 23 heavy (non-hydrogen) atoms. The molecule has 1 aliphatic carbocycles. The third kappa shape index (κ3) is 2.59. The fraction of sp³-hybridized carbons (Fsp3) is 0.200. The summed E-state index contributed by atoms with van der Waals surface area (Å²) in [5.74, 6) is 0.228. The third-order valence-corrected chi connectivity index (χ3v) is 4.92. The maximum Gasteiger partial charge on any atom is 0.165 e. The zero-order chi connectivity index (χ0) is 15.8. The van der Waals surface area contributed by atoms with Crippen LogP contribution in [0.15, 0.2) is 53.0 Å². The Morgan fingerprint density at radius 1 is 0.913 bits per heavy atom. The minimum Gasteiger partial charge on any atom is -0.294 e. The van der Waals surface area contributed by atoms with Gasteiger partial charge in [0, 0.05) is 27.4 Å². The van der Waals surface area contributed by atoms with E-state index in [4.69, 9.17) is 4.98 Å². The lowest BCUT2D eigenvalue weighted by Crippen LogP contribution is -2.06. The van der Waals surface area contributed by atoms with E-state index in [0.29, 0.717) is 6.42 Å². The van der Waals surface area contributed by atoms with Crippen molar-refractivity contribution < 1.29 is 4.79 Å². The van der Waals surface area contributed by atoms with Crippen molar-refractivity contribution in [2.24, 2.45) is 0 Å². The predicted molar refractivity (Wildman–Crippen MR) is 96.8 cm³/mol. The van der Waals surface area contributed by atoms with Gasteiger partial charge >= 0.3 is 0 Å². The van der Waals surface area contributed by atoms with Crippen molar-refractivity contribution in [1.29, 1.82) is 0 Å². The molecule has 0 aliphatic heterocycles. The molecule has 0 atom stereocenters. The highest BCUT2D eigenvalue weighted by molar-refractivity contribution is 9.10. The first kappa shape index (κ1) is 14.6. The molecule has 1 aromatic heterocycles. The second-order valence-electron chi connectivity index (χ2n) is 5.97. The molecule has 0 bridgehead atoms. The summed E-state index contributed by atoms with van der Waals surface area (Å²) >= 11 is 3.55. The van der Waals surface area contributed by atoms with Gasteiger partial charge in [-0.2, -0.15) is 0 Å². The van der Waals surface area contributed by atoms with Crippen molar-refractivity contribution in [3.05, 3.63) is 64.3 Å². The minimum absolute atomic E-state index is 0.228. The Balaban J connectivity index is 2.14. The van der Waals surface area contributed by atoms with Gasteiger partial charge in [-0.05, 0) is 43.0 Å². The monoisotopic (exact) mass is 365 g/mol. The zero-order valence-corrected chi connectivity index (χ0v) is 14.3. The number of halogens is 1. The molecule has 0 saturated heterocycles. The molecule has 3 heteroatoms. The minimum atomic E-state index is 0.228. The maximum atomic E-state index is 12.8. The largest absolute Gasteiger partial charge is 0.294 e. The molecule has 0 radical (unpaired) electrons. The lowest BCUT2D eigenvalue weighted by atomic mass is 9.91. The normalized spacial score (nSPS) is 14.6. The summed E-state index contributed by atoms with van der Waals surface area (Å²) in [7, 11) is 0. The number of pyridine rings is 1. The van der Waals surface area contributed by atoms with Crippen LogP contribution in [0.1, 0.15) is 35.3 Å². The predicted octanol–water partition coefficient (Wildman–Crippen LogP) is 5.57. The summed E-state index contributed by atoms with van der Waals surface area (Å²) in [5, 5.41) is 1.04. The van der Waals surface area contributed by atoms with Crippen LogP contribution in [0, 0.1) is 0 Å². The number of Topliss-reactive ketones (excluding diaryl/α,β-unsaturated/α-hetero) is 1. The van der Waals surface area contributed by atoms with Crippen molar-refractivity contribution in [2.75, 3.05) is 0 Å². The molecule has 0 amide bonds. The van der Waals surface area contributed by atoms with Crippen LogP contribution in [0.2, 0.25) is 0 Å². The standard InChI is InChI=1S/C20H16BrNO/c21-14-10-11-16-15(12-14)19(13-6-2-1-3-7-13)20-17(22-16)8-4-5-9-18(20)23/h1-3,6-7,10-12H,4-5,8-9H2. The van der Waals surface area contributed by atoms with Crippen molar-refractivity contribution in [1.82, 2.24) is 4.98 Å². The molecule has 114 valence electrons. The number of carbonyl (C=O) groups is 1. The molecule has 0 spiro atoms. The fourth-order valence-corrected chi connectivity index (χ4v) is 3.74. The van der Waals surface area contributed by atoms with E-state index in [1.807, 2.05) is 30.3 Å². The van der Waals surface area contributed by atoms with Gasteiger partial charge in [0.05, 0.1) is 11.2 Å². The Morgan fingerprint density at radius 2 is 1.70 bits per heavy atom. The Morgan fingerprint density at radius 3 is 2.52 bits per heavy atom. The lowest BCUT2D eigenvalue weighted by Gasteiger charge is -2.15. The van der Waals surface area contributed by atoms with Crippen molar-refractivity contribution >= 4 is 32.6 Å². The number of nitrogens with zero attached hydrogens (tertiary/aromatic N) is 1. The van der Waals surface area contributed by atoms with E-state index in [0.717, 1.165) is 57.0 Å². The Kier molecular flexibility index (Phi) is 3.74. The van der Waals surface area contributed by atoms with Crippen LogP contribution in [-0.4, -0.2) is 10.8 Å². The van der Waals surface area contributed by atoms with Crippen molar-refractivity contribution in [3.63, 3.8) is 0 Å². The van der Waals surface area contributed by atoms with Gasteiger partial charge < -0.3 is 0 Å². The van der Waals surface area contributed by atoms with Crippen LogP contribution in [0.3, 0.4) is 0 Å². The molecule has 1 aliphatic rings. The summed E-state index contributed by atoms with van der Waals surface area (Å²) in [6.07, 6.45) is 3.48. The average molecular weight is 366 g/mol. The third-order valence-electron chi connectivity index (χ3n) is 4.43. The number of benzene rings is 2. The molecule has 3 aromatic rings. The van der Waals surface area contributed by atoms with Crippen LogP contribution < -0.4 is 0 Å². The van der Waals surface area contributed by atoms with Gasteiger partial charge in [-0.3, -0.25) is 9.78 Å². The molecule has 0 saturated carbocycles. The molecule has 4 rings (SSSR count). The summed E-state index contributed by atoms with van der Waals surface area (Å²) in [6, 6.07) is 16.3. The second-order valence-corrected chi connectivity index (χ2v) is 6.88. The molecular weight excluding hydrogens is 350 g/mol. The molecular formula is C20H16BrNO. The lowest BCUT2D eigenvalue weighted by molar-refractivity contribution is 0.0982. The van der Waals surface area contributed by atoms with Crippen LogP contribution in [-0.2, 0) is 6.42 Å². The molecule has 0 fully saturated rings. The van der Waals surface area contributed by atoms with Crippen molar-refractivity contribution in [2.45, 2.75) is 25.7 Å². The number of aromatic nitrogens is 1. The average Bonchev–Trinajstić information content (AvgIpc) is 2.75. The summed E-state index contributed by atoms with van der Waals surface area (Å²) in [6.45, 7) is 0. The highest BCUT2D eigenvalue weighted by Gasteiger charge is 2.23. The van der Waals surface area contributed by atoms with Crippen LogP contribution in [0.25, 0.3) is 22.0 Å². The molecule has 1 heterocycles. The summed E-state index contributed by atoms with van der Waals surface area (Å²) in [4.78, 5) is 17.6. The first-order valence-electron chi connectivity index (χ1n) is 7.95. The Labute approximate surface area is 143 Å². The summed E-state index contributed by atoms with van der Waals surface area (Å²) < 4.78 is 1.00. The summed E-state index contributed by atoms with van der Waals surface area (Å²) in [5.41, 5.74) is 4.88. The van der Waals surface area contributed by atoms with Crippen LogP contribution >= 0.6 is 15.9 Å². The number of ketones is 1. The van der Waals surface area contributed by atoms with Crippen LogP contribution in [0.5, 0.6) is 0 Å². The number of aryl methyl sites for hydroxylation is 1. The van der Waals surface area contributed by atoms with Gasteiger partial charge in [-0.15, -0.1) is 0 Å². The van der Waals surface area contributed by atoms with Gasteiger partial charge in [0.15, 0.2) is 5.78 Å². The molecule has 2 nitrogen and oxygen atoms in total. The number of carbonyl (C=O) groups excluding carboxylic acids is 1. The maximum absolute atomic E-state index is 12.8. The van der Waals surface area contributed by atoms with Crippen molar-refractivity contribution in [3.8, 4) is 11.1 Å². The van der Waals surface area contributed by atoms with E-state index in [1.54, 1.807) is 0 Å². The number of hydrogen-bond acceptors (Lipinski definition) is 2. The van der Waals surface area contributed by atoms with E-state index in [-0.39, 0.29) is 5.78 Å². The second kappa shape index (κ2) is 5.89. The number of rotatable bonds is 1. The van der Waals surface area contributed by atoms with Gasteiger partial charge in [0.1, 0.15) is 0 Å². The molecule has 0 N–H and O–H groups in total. The van der Waals surface area contributed by atoms with E-state index >= 15 is 0 Å².